The molecule has 0 amide bonds. The number of hydrogen-bond acceptors (Lipinski definition) is 0. The molecule has 0 N–H and O–H groups in total. The van der Waals surface area contributed by atoms with Crippen LogP contribution in [-0.4, -0.2) is 0 Å². The Balaban J connectivity index is 0.000000160. The second-order valence-corrected chi connectivity index (χ2v) is 11.4. The normalized spacial score (nSPS) is 21.8. The van der Waals surface area contributed by atoms with Crippen molar-refractivity contribution < 1.29 is 56.4 Å². The molecule has 16 heavy (non-hydrogen) atoms. The van der Waals surface area contributed by atoms with Gasteiger partial charge in [-0.25, -0.2) is 0 Å². The van der Waals surface area contributed by atoms with Gasteiger partial charge in [-0.05, 0) is 0 Å². The quantitative estimate of drug-likeness (QED) is 0.543. The summed E-state index contributed by atoms with van der Waals surface area (Å²) in [4.78, 5) is 0. The van der Waals surface area contributed by atoms with E-state index >= 15 is 0 Å². The van der Waals surface area contributed by atoms with E-state index in [4.69, 9.17) is 0 Å². The van der Waals surface area contributed by atoms with Crippen molar-refractivity contribution in [3.05, 3.63) is 0 Å². The van der Waals surface area contributed by atoms with Crippen molar-refractivity contribution in [2.75, 3.05) is 0 Å². The third kappa shape index (κ3) is 5.89. The van der Waals surface area contributed by atoms with Crippen LogP contribution in [0.2, 0.25) is 7.25 Å². The Morgan fingerprint density at radius 2 is 0.812 bits per heavy atom. The zero-order valence-electron chi connectivity index (χ0n) is 9.32. The Kier molecular flexibility index (Phi) is 8.32. The van der Waals surface area contributed by atoms with E-state index in [1.807, 2.05) is 0 Å². The van der Waals surface area contributed by atoms with Crippen molar-refractivity contribution in [1.29, 1.82) is 0 Å². The SMILES string of the molecule is [F][Zr]([F])[CH]1CCCC1.[F][Zr]([F])[CH]1CCCC1. The van der Waals surface area contributed by atoms with Gasteiger partial charge in [0.2, 0.25) is 0 Å². The van der Waals surface area contributed by atoms with Crippen LogP contribution in [0.4, 0.5) is 10.5 Å². The third-order valence-electron chi connectivity index (χ3n) is 3.33. The van der Waals surface area contributed by atoms with Crippen LogP contribution >= 0.6 is 0 Å². The summed E-state index contributed by atoms with van der Waals surface area (Å²) in [5, 5.41) is 0. The molecule has 0 aromatic carbocycles. The molecule has 2 fully saturated rings. The van der Waals surface area contributed by atoms with E-state index in [0.29, 0.717) is 0 Å². The Morgan fingerprint density at radius 3 is 0.938 bits per heavy atom. The molecule has 2 rings (SSSR count). The minimum atomic E-state index is -3.71. The predicted octanol–water partition coefficient (Wildman–Crippen LogP) is 5.47. The van der Waals surface area contributed by atoms with Crippen molar-refractivity contribution >= 4 is 0 Å². The molecule has 2 saturated carbocycles. The molecule has 2 aliphatic carbocycles. The summed E-state index contributed by atoms with van der Waals surface area (Å²) in [7, 11) is 0. The van der Waals surface area contributed by atoms with E-state index < -0.39 is 45.9 Å². The fourth-order valence-electron chi connectivity index (χ4n) is 2.29. The topological polar surface area (TPSA) is 0 Å². The standard InChI is InChI=1S/2C5H9.4FH.2Zr/c2*1-2-4-5-3-1;;;;;;/h2*1H,2-5H2;4*1H;;/q;;;;;;2*+2/p-4. The van der Waals surface area contributed by atoms with Crippen LogP contribution in [0.15, 0.2) is 0 Å². The first-order chi connectivity index (χ1) is 7.61. The Bertz CT molecular complexity index is 158. The van der Waals surface area contributed by atoms with Gasteiger partial charge in [0.25, 0.3) is 0 Å². The van der Waals surface area contributed by atoms with Crippen molar-refractivity contribution in [3.63, 3.8) is 0 Å². The molecule has 0 aromatic heterocycles. The van der Waals surface area contributed by atoms with E-state index in [0.717, 1.165) is 51.4 Å². The molecule has 0 saturated heterocycles. The average molecular weight is 397 g/mol. The number of halogens is 4. The molecule has 0 heterocycles. The monoisotopic (exact) mass is 394 g/mol. The fraction of sp³-hybridized carbons (Fsp3) is 1.00. The molecule has 0 aliphatic heterocycles. The summed E-state index contributed by atoms with van der Waals surface area (Å²) in [6.07, 6.45) is 7.57. The molecule has 94 valence electrons. The molecule has 0 nitrogen and oxygen atoms in total. The van der Waals surface area contributed by atoms with Crippen molar-refractivity contribution in [1.82, 2.24) is 0 Å². The van der Waals surface area contributed by atoms with Crippen molar-refractivity contribution in [2.24, 2.45) is 0 Å². The summed E-state index contributed by atoms with van der Waals surface area (Å²) in [5.41, 5.74) is 0. The van der Waals surface area contributed by atoms with Gasteiger partial charge < -0.3 is 0 Å². The minimum absolute atomic E-state index is 0.0719. The zero-order valence-corrected chi connectivity index (χ0v) is 14.2. The molecular formula is C10H18F4Zr2. The Morgan fingerprint density at radius 1 is 0.562 bits per heavy atom. The van der Waals surface area contributed by atoms with E-state index in [-0.39, 0.29) is 7.25 Å². The molecule has 0 aromatic rings. The summed E-state index contributed by atoms with van der Waals surface area (Å²) in [6, 6.07) is 0. The van der Waals surface area contributed by atoms with Gasteiger partial charge in [0.05, 0.1) is 0 Å². The van der Waals surface area contributed by atoms with Crippen LogP contribution < -0.4 is 0 Å². The van der Waals surface area contributed by atoms with Gasteiger partial charge in [-0.1, -0.05) is 0 Å². The van der Waals surface area contributed by atoms with Crippen LogP contribution in [0, 0.1) is 0 Å². The summed E-state index contributed by atoms with van der Waals surface area (Å²) in [5.74, 6) is 0. The maximum atomic E-state index is 11.9. The zero-order chi connectivity index (χ0) is 12.0. The van der Waals surface area contributed by atoms with Gasteiger partial charge in [0.1, 0.15) is 0 Å². The van der Waals surface area contributed by atoms with Crippen LogP contribution in [0.1, 0.15) is 51.4 Å². The van der Waals surface area contributed by atoms with E-state index in [9.17, 15) is 10.5 Å². The number of hydrogen-bond donors (Lipinski definition) is 0. The molecule has 0 bridgehead atoms. The molecule has 0 radical (unpaired) electrons. The predicted molar refractivity (Wildman–Crippen MR) is 48.9 cm³/mol. The van der Waals surface area contributed by atoms with Crippen LogP contribution in [0.5, 0.6) is 0 Å². The molecule has 2 aliphatic rings. The molecule has 0 spiro atoms. The van der Waals surface area contributed by atoms with Crippen LogP contribution in [0.3, 0.4) is 0 Å². The fourth-order valence-corrected chi connectivity index (χ4v) is 6.44. The molecular weight excluding hydrogens is 379 g/mol. The first-order valence-corrected chi connectivity index (χ1v) is 12.5. The van der Waals surface area contributed by atoms with E-state index in [1.54, 1.807) is 0 Å². The first kappa shape index (κ1) is 15.5. The molecule has 0 atom stereocenters. The Hall–Kier alpha value is 1.49. The Labute approximate surface area is 114 Å². The van der Waals surface area contributed by atoms with Gasteiger partial charge in [-0.3, -0.25) is 0 Å². The maximum absolute atomic E-state index is 11.9. The van der Waals surface area contributed by atoms with E-state index in [2.05, 4.69) is 0 Å². The first-order valence-electron chi connectivity index (χ1n) is 5.97. The van der Waals surface area contributed by atoms with Crippen LogP contribution in [-0.2, 0) is 45.9 Å². The number of rotatable bonds is 2. The van der Waals surface area contributed by atoms with Crippen LogP contribution in [0.25, 0.3) is 0 Å². The average Bonchev–Trinajstić information content (AvgIpc) is 2.93. The summed E-state index contributed by atoms with van der Waals surface area (Å²) >= 11 is -7.42. The van der Waals surface area contributed by atoms with E-state index in [1.165, 1.54) is 0 Å². The summed E-state index contributed by atoms with van der Waals surface area (Å²) in [6.45, 7) is 0. The second-order valence-electron chi connectivity index (χ2n) is 4.54. The van der Waals surface area contributed by atoms with Gasteiger partial charge >= 0.3 is 115 Å². The van der Waals surface area contributed by atoms with Gasteiger partial charge in [0, 0.05) is 0 Å². The molecule has 0 unspecified atom stereocenters. The summed E-state index contributed by atoms with van der Waals surface area (Å²) < 4.78 is 47.6. The van der Waals surface area contributed by atoms with Gasteiger partial charge in [0.15, 0.2) is 0 Å². The molecule has 6 heteroatoms. The van der Waals surface area contributed by atoms with Gasteiger partial charge in [-0.2, -0.15) is 0 Å². The second kappa shape index (κ2) is 8.56. The van der Waals surface area contributed by atoms with Crippen molar-refractivity contribution in [3.8, 4) is 0 Å². The van der Waals surface area contributed by atoms with Gasteiger partial charge in [-0.15, -0.1) is 0 Å². The van der Waals surface area contributed by atoms with Crippen molar-refractivity contribution in [2.45, 2.75) is 58.6 Å². The third-order valence-corrected chi connectivity index (χ3v) is 9.20.